The van der Waals surface area contributed by atoms with Crippen molar-refractivity contribution in [3.05, 3.63) is 11.8 Å². The molecule has 0 aliphatic carbocycles. The van der Waals surface area contributed by atoms with Crippen LogP contribution in [0.4, 0.5) is 0 Å². The normalized spacial score (nSPS) is 24.6. The van der Waals surface area contributed by atoms with Gasteiger partial charge in [0.25, 0.3) is 7.98 Å². The predicted octanol–water partition coefficient (Wildman–Crippen LogP) is -4.79. The SMILES string of the molecule is [B]N=C(N)NC[C@@H](O)[C@@H](O)[C@@H]1OC(C(=O)O)=C[C@H](N=C(N)N)[C@H]1NC(C)=O. The van der Waals surface area contributed by atoms with Gasteiger partial charge in [-0.15, -0.1) is 0 Å². The standard InChI is InChI=1S/C13H22BN7O6/c1-4(22)19-8-5(20-12(15)16)2-7(11(25)26)27-10(8)9(24)6(23)3-18-13(17)21-14/h2,5-6,8-10,23-24H,3H2,1H3,(H,19,22)(H,25,26)(H4,15,16,20)(H3,17,18,21)/t5-,6+,8+,9+,10+/m0/s1. The molecule has 0 bridgehead atoms. The van der Waals surface area contributed by atoms with E-state index in [4.69, 9.17) is 29.9 Å². The summed E-state index contributed by atoms with van der Waals surface area (Å²) in [5, 5.41) is 34.7. The van der Waals surface area contributed by atoms with Gasteiger partial charge in [-0.25, -0.2) is 9.79 Å². The molecule has 0 aromatic carbocycles. The molecular weight excluding hydrogens is 361 g/mol. The molecule has 1 aliphatic heterocycles. The Labute approximate surface area is 155 Å². The number of carboxylic acids is 1. The summed E-state index contributed by atoms with van der Waals surface area (Å²) in [4.78, 5) is 29.8. The van der Waals surface area contributed by atoms with E-state index in [1.807, 2.05) is 0 Å². The highest BCUT2D eigenvalue weighted by Gasteiger charge is 2.43. The third-order valence-corrected chi connectivity index (χ3v) is 3.55. The molecular formula is C13H22BN7O6. The Kier molecular flexibility index (Phi) is 7.87. The molecule has 27 heavy (non-hydrogen) atoms. The molecule has 0 spiro atoms. The Morgan fingerprint density at radius 1 is 1.37 bits per heavy atom. The Balaban J connectivity index is 3.17. The summed E-state index contributed by atoms with van der Waals surface area (Å²) >= 11 is 0. The van der Waals surface area contributed by atoms with E-state index in [0.717, 1.165) is 6.08 Å². The van der Waals surface area contributed by atoms with E-state index in [0.29, 0.717) is 0 Å². The molecule has 1 heterocycles. The first-order chi connectivity index (χ1) is 12.6. The first-order valence-corrected chi connectivity index (χ1v) is 7.67. The lowest BCUT2D eigenvalue weighted by molar-refractivity contribution is -0.144. The number of carbonyl (C=O) groups excluding carboxylic acids is 1. The maximum atomic E-state index is 11.5. The van der Waals surface area contributed by atoms with E-state index in [-0.39, 0.29) is 18.5 Å². The molecule has 13 nitrogen and oxygen atoms in total. The third-order valence-electron chi connectivity index (χ3n) is 3.55. The van der Waals surface area contributed by atoms with Crippen molar-refractivity contribution in [3.63, 3.8) is 0 Å². The summed E-state index contributed by atoms with van der Waals surface area (Å²) in [6.07, 6.45) is -3.49. The quantitative estimate of drug-likeness (QED) is 0.119. The van der Waals surface area contributed by atoms with Gasteiger partial charge in [0.1, 0.15) is 18.3 Å². The van der Waals surface area contributed by atoms with Gasteiger partial charge in [-0.2, -0.15) is 0 Å². The number of nitrogens with zero attached hydrogens (tertiary/aromatic N) is 2. The van der Waals surface area contributed by atoms with E-state index >= 15 is 0 Å². The summed E-state index contributed by atoms with van der Waals surface area (Å²) < 4.78 is 5.26. The monoisotopic (exact) mass is 383 g/mol. The number of guanidine groups is 2. The highest BCUT2D eigenvalue weighted by Crippen LogP contribution is 2.24. The summed E-state index contributed by atoms with van der Waals surface area (Å²) in [5.74, 6) is -3.10. The average molecular weight is 383 g/mol. The van der Waals surface area contributed by atoms with Gasteiger partial charge in [0.05, 0.1) is 12.1 Å². The lowest BCUT2D eigenvalue weighted by atomic mass is 9.92. The first kappa shape index (κ1) is 22.0. The van der Waals surface area contributed by atoms with Crippen molar-refractivity contribution in [2.45, 2.75) is 37.3 Å². The van der Waals surface area contributed by atoms with E-state index < -0.39 is 48.0 Å². The van der Waals surface area contributed by atoms with Gasteiger partial charge in [0.15, 0.2) is 11.9 Å². The third kappa shape index (κ3) is 6.34. The Morgan fingerprint density at radius 3 is 2.48 bits per heavy atom. The van der Waals surface area contributed by atoms with Gasteiger partial charge < -0.3 is 52.8 Å². The fourth-order valence-corrected chi connectivity index (χ4v) is 2.40. The zero-order valence-corrected chi connectivity index (χ0v) is 14.4. The molecule has 0 aromatic rings. The number of nitrogens with two attached hydrogens (primary N) is 3. The second kappa shape index (κ2) is 9.63. The first-order valence-electron chi connectivity index (χ1n) is 7.67. The molecule has 1 amide bonds. The number of hydrogen-bond acceptors (Lipinski definition) is 7. The second-order valence-corrected chi connectivity index (χ2v) is 5.64. The van der Waals surface area contributed by atoms with Crippen LogP contribution in [0.5, 0.6) is 0 Å². The number of ether oxygens (including phenoxy) is 1. The van der Waals surface area contributed by atoms with E-state index in [9.17, 15) is 24.9 Å². The van der Waals surface area contributed by atoms with Gasteiger partial charge in [0.2, 0.25) is 11.7 Å². The fraction of sp³-hybridized carbons (Fsp3) is 0.538. The molecule has 0 unspecified atom stereocenters. The van der Waals surface area contributed by atoms with Gasteiger partial charge in [-0.1, -0.05) is 0 Å². The summed E-state index contributed by atoms with van der Waals surface area (Å²) in [7, 11) is 4.94. The molecule has 0 fully saturated rings. The van der Waals surface area contributed by atoms with Crippen LogP contribution in [0, 0.1) is 0 Å². The molecule has 11 N–H and O–H groups in total. The van der Waals surface area contributed by atoms with Crippen LogP contribution in [0.15, 0.2) is 21.7 Å². The van der Waals surface area contributed by atoms with Crippen molar-refractivity contribution in [1.29, 1.82) is 0 Å². The molecule has 14 heteroatoms. The second-order valence-electron chi connectivity index (χ2n) is 5.64. The average Bonchev–Trinajstić information content (AvgIpc) is 2.58. The number of aliphatic hydroxyl groups is 2. The summed E-state index contributed by atoms with van der Waals surface area (Å²) in [5.41, 5.74) is 16.0. The number of aliphatic imine (C=N–C) groups is 1. The van der Waals surface area contributed by atoms with E-state index in [1.54, 1.807) is 0 Å². The number of amides is 1. The van der Waals surface area contributed by atoms with Gasteiger partial charge in [-0.3, -0.25) is 4.79 Å². The van der Waals surface area contributed by atoms with Crippen LogP contribution in [-0.4, -0.2) is 84.0 Å². The molecule has 0 aromatic heterocycles. The Hall–Kier alpha value is -3.00. The Bertz CT molecular complexity index is 651. The predicted molar refractivity (Wildman–Crippen MR) is 95.2 cm³/mol. The van der Waals surface area contributed by atoms with Crippen molar-refractivity contribution in [1.82, 2.24) is 10.6 Å². The fourth-order valence-electron chi connectivity index (χ4n) is 2.40. The van der Waals surface area contributed by atoms with Crippen LogP contribution in [-0.2, 0) is 14.3 Å². The van der Waals surface area contributed by atoms with Gasteiger partial charge in [0, 0.05) is 13.5 Å². The molecule has 1 aliphatic rings. The molecule has 1 rings (SSSR count). The molecule has 148 valence electrons. The van der Waals surface area contributed by atoms with Crippen molar-refractivity contribution in [3.8, 4) is 0 Å². The minimum absolute atomic E-state index is 0.200. The maximum Gasteiger partial charge on any atom is 0.370 e. The number of aliphatic carboxylic acids is 1. The zero-order chi connectivity index (χ0) is 20.7. The minimum atomic E-state index is -1.67. The number of rotatable bonds is 7. The van der Waals surface area contributed by atoms with Gasteiger partial charge in [-0.05, 0) is 6.08 Å². The van der Waals surface area contributed by atoms with Gasteiger partial charge >= 0.3 is 5.97 Å². The number of carbonyl (C=O) groups is 2. The Morgan fingerprint density at radius 2 is 2.00 bits per heavy atom. The highest BCUT2D eigenvalue weighted by atomic mass is 16.5. The zero-order valence-electron chi connectivity index (χ0n) is 14.4. The molecule has 5 atom stereocenters. The van der Waals surface area contributed by atoms with E-state index in [1.165, 1.54) is 6.92 Å². The number of carboxylic acid groups (broad SMARTS) is 1. The summed E-state index contributed by atoms with van der Waals surface area (Å²) in [6.45, 7) is 0.905. The van der Waals surface area contributed by atoms with Crippen molar-refractivity contribution in [2.75, 3.05) is 6.54 Å². The van der Waals surface area contributed by atoms with Crippen LogP contribution < -0.4 is 27.8 Å². The van der Waals surface area contributed by atoms with Crippen LogP contribution in [0.25, 0.3) is 0 Å². The molecule has 0 saturated carbocycles. The van der Waals surface area contributed by atoms with Crippen LogP contribution >= 0.6 is 0 Å². The largest absolute Gasteiger partial charge is 0.478 e. The number of aliphatic hydroxyl groups excluding tert-OH is 2. The topological polar surface area (TPSA) is 231 Å². The number of hydrogen-bond donors (Lipinski definition) is 8. The minimum Gasteiger partial charge on any atom is -0.478 e. The van der Waals surface area contributed by atoms with Crippen molar-refractivity contribution in [2.24, 2.45) is 27.1 Å². The smallest absolute Gasteiger partial charge is 0.370 e. The molecule has 2 radical (unpaired) electrons. The summed E-state index contributed by atoms with van der Waals surface area (Å²) in [6, 6.07) is -2.13. The van der Waals surface area contributed by atoms with Crippen LogP contribution in [0.2, 0.25) is 0 Å². The van der Waals surface area contributed by atoms with Crippen LogP contribution in [0.1, 0.15) is 6.92 Å². The molecule has 0 saturated heterocycles. The highest BCUT2D eigenvalue weighted by molar-refractivity contribution is 6.11. The maximum absolute atomic E-state index is 11.5. The lowest BCUT2D eigenvalue weighted by Crippen LogP contribution is -2.60. The van der Waals surface area contributed by atoms with Crippen molar-refractivity contribution >= 4 is 31.8 Å². The van der Waals surface area contributed by atoms with Crippen molar-refractivity contribution < 1.29 is 29.6 Å². The lowest BCUT2D eigenvalue weighted by Gasteiger charge is -2.38. The van der Waals surface area contributed by atoms with Crippen LogP contribution in [0.3, 0.4) is 0 Å². The van der Waals surface area contributed by atoms with E-state index in [2.05, 4.69) is 20.5 Å². The number of nitrogens with one attached hydrogen (secondary N) is 2.